The third-order valence-corrected chi connectivity index (χ3v) is 2.81. The summed E-state index contributed by atoms with van der Waals surface area (Å²) in [5.41, 5.74) is 2.39. The van der Waals surface area contributed by atoms with Gasteiger partial charge in [-0.1, -0.05) is 6.07 Å². The summed E-state index contributed by atoms with van der Waals surface area (Å²) in [5.74, 6) is 0.883. The van der Waals surface area contributed by atoms with Gasteiger partial charge in [0, 0.05) is 36.9 Å². The van der Waals surface area contributed by atoms with Crippen LogP contribution < -0.4 is 0 Å². The molecule has 1 aliphatic heterocycles. The summed E-state index contributed by atoms with van der Waals surface area (Å²) in [7, 11) is 0. The van der Waals surface area contributed by atoms with E-state index in [-0.39, 0.29) is 0 Å². The number of amidine groups is 1. The lowest BCUT2D eigenvalue weighted by Gasteiger charge is -1.95. The predicted octanol–water partition coefficient (Wildman–Crippen LogP) is 1.53. The second-order valence-corrected chi connectivity index (χ2v) is 4.35. The highest BCUT2D eigenvalue weighted by molar-refractivity contribution is 5.95. The average molecular weight is 291 g/mol. The normalized spacial score (nSPS) is 12.6. The van der Waals surface area contributed by atoms with Gasteiger partial charge in [-0.2, -0.15) is 0 Å². The fourth-order valence-electron chi connectivity index (χ4n) is 1.82. The number of hydrogen-bond donors (Lipinski definition) is 0. The summed E-state index contributed by atoms with van der Waals surface area (Å²) >= 11 is 0. The number of fused-ring (bicyclic) bond motifs is 1. The molecule has 1 aliphatic rings. The van der Waals surface area contributed by atoms with Gasteiger partial charge in [-0.05, 0) is 12.1 Å². The van der Waals surface area contributed by atoms with Crippen molar-refractivity contribution in [2.45, 2.75) is 6.42 Å². The van der Waals surface area contributed by atoms with E-state index in [1.807, 2.05) is 24.4 Å². The zero-order valence-corrected chi connectivity index (χ0v) is 11.7. The van der Waals surface area contributed by atoms with E-state index in [0.717, 1.165) is 30.0 Å². The maximum Gasteiger partial charge on any atom is 0.181 e. The van der Waals surface area contributed by atoms with Crippen LogP contribution in [0.3, 0.4) is 0 Å². The number of pyridine rings is 1. The van der Waals surface area contributed by atoms with Gasteiger partial charge >= 0.3 is 0 Å². The Morgan fingerprint density at radius 2 is 1.91 bits per heavy atom. The molecule has 0 N–H and O–H groups in total. The summed E-state index contributed by atoms with van der Waals surface area (Å²) in [6, 6.07) is 5.86. The molecule has 0 fully saturated rings. The molecule has 0 amide bonds. The van der Waals surface area contributed by atoms with Crippen molar-refractivity contribution in [2.75, 3.05) is 6.54 Å². The standard InChI is InChI=1S/C9H9N3.C6H4N4/c1-2-4-10-8(3-1)7-9-11-5-6-12-9;1-2-9-6-5(8-1)3-7-4-10-6/h1-5H,6-7H2;1-4H. The van der Waals surface area contributed by atoms with Gasteiger partial charge < -0.3 is 0 Å². The van der Waals surface area contributed by atoms with Gasteiger partial charge in [0.25, 0.3) is 0 Å². The number of rotatable bonds is 2. The summed E-state index contributed by atoms with van der Waals surface area (Å²) in [4.78, 5) is 28.1. The van der Waals surface area contributed by atoms with E-state index in [1.54, 1.807) is 24.8 Å². The van der Waals surface area contributed by atoms with E-state index in [9.17, 15) is 0 Å². The molecule has 0 aromatic carbocycles. The van der Waals surface area contributed by atoms with Crippen molar-refractivity contribution in [3.8, 4) is 0 Å². The van der Waals surface area contributed by atoms with E-state index in [0.29, 0.717) is 5.65 Å². The molecule has 4 heterocycles. The lowest BCUT2D eigenvalue weighted by molar-refractivity contribution is 1.12. The van der Waals surface area contributed by atoms with E-state index >= 15 is 0 Å². The zero-order chi connectivity index (χ0) is 15.0. The lowest BCUT2D eigenvalue weighted by atomic mass is 10.2. The molecule has 0 saturated carbocycles. The van der Waals surface area contributed by atoms with Gasteiger partial charge in [-0.3, -0.25) is 9.98 Å². The summed E-state index contributed by atoms with van der Waals surface area (Å²) < 4.78 is 0. The Morgan fingerprint density at radius 1 is 0.955 bits per heavy atom. The van der Waals surface area contributed by atoms with Crippen molar-refractivity contribution in [1.82, 2.24) is 24.9 Å². The van der Waals surface area contributed by atoms with Crippen molar-refractivity contribution in [3.63, 3.8) is 0 Å². The van der Waals surface area contributed by atoms with Gasteiger partial charge in [-0.25, -0.2) is 24.9 Å². The molecule has 0 saturated heterocycles. The van der Waals surface area contributed by atoms with E-state index < -0.39 is 0 Å². The fourth-order valence-corrected chi connectivity index (χ4v) is 1.82. The van der Waals surface area contributed by atoms with Crippen LogP contribution in [-0.4, -0.2) is 43.5 Å². The van der Waals surface area contributed by atoms with Gasteiger partial charge in [0.1, 0.15) is 17.7 Å². The van der Waals surface area contributed by atoms with E-state index in [2.05, 4.69) is 34.9 Å². The zero-order valence-electron chi connectivity index (χ0n) is 11.7. The Balaban J connectivity index is 0.000000133. The minimum Gasteiger partial charge on any atom is -0.264 e. The van der Waals surface area contributed by atoms with Crippen molar-refractivity contribution in [2.24, 2.45) is 9.98 Å². The topological polar surface area (TPSA) is 89.2 Å². The van der Waals surface area contributed by atoms with Crippen LogP contribution in [0.25, 0.3) is 11.2 Å². The Labute approximate surface area is 127 Å². The highest BCUT2D eigenvalue weighted by atomic mass is 15.0. The molecule has 0 aliphatic carbocycles. The van der Waals surface area contributed by atoms with Gasteiger partial charge in [-0.15, -0.1) is 0 Å². The minimum atomic E-state index is 0.637. The Bertz CT molecular complexity index is 734. The van der Waals surface area contributed by atoms with Crippen LogP contribution in [0.2, 0.25) is 0 Å². The first-order valence-corrected chi connectivity index (χ1v) is 6.74. The van der Waals surface area contributed by atoms with Crippen LogP contribution in [0.1, 0.15) is 5.69 Å². The minimum absolute atomic E-state index is 0.637. The van der Waals surface area contributed by atoms with E-state index in [4.69, 9.17) is 0 Å². The first-order chi connectivity index (χ1) is 10.9. The smallest absolute Gasteiger partial charge is 0.181 e. The number of hydrogen-bond acceptors (Lipinski definition) is 7. The van der Waals surface area contributed by atoms with E-state index in [1.165, 1.54) is 6.33 Å². The van der Waals surface area contributed by atoms with Crippen LogP contribution in [-0.2, 0) is 6.42 Å². The highest BCUT2D eigenvalue weighted by Crippen LogP contribution is 2.00. The number of aromatic nitrogens is 5. The first kappa shape index (κ1) is 13.9. The lowest BCUT2D eigenvalue weighted by Crippen LogP contribution is -1.98. The average Bonchev–Trinajstić information content (AvgIpc) is 3.10. The summed E-state index contributed by atoms with van der Waals surface area (Å²) in [5, 5.41) is 0. The molecule has 108 valence electrons. The summed E-state index contributed by atoms with van der Waals surface area (Å²) in [6.07, 6.45) is 10.7. The highest BCUT2D eigenvalue weighted by Gasteiger charge is 2.02. The molecule has 0 unspecified atom stereocenters. The SMILES string of the molecule is C1=NC(Cc2ccccn2)=NC1.c1cnc2ncncc2n1. The van der Waals surface area contributed by atoms with Crippen molar-refractivity contribution < 1.29 is 0 Å². The largest absolute Gasteiger partial charge is 0.264 e. The molecule has 7 nitrogen and oxygen atoms in total. The third-order valence-electron chi connectivity index (χ3n) is 2.81. The molecule has 0 bridgehead atoms. The van der Waals surface area contributed by atoms with Crippen LogP contribution in [0.15, 0.2) is 59.3 Å². The Kier molecular flexibility index (Phi) is 4.46. The molecule has 0 atom stereocenters. The molecule has 7 heteroatoms. The van der Waals surface area contributed by atoms with Crippen LogP contribution in [0.5, 0.6) is 0 Å². The number of nitrogens with zero attached hydrogens (tertiary/aromatic N) is 7. The van der Waals surface area contributed by atoms with Crippen molar-refractivity contribution >= 4 is 23.2 Å². The second-order valence-electron chi connectivity index (χ2n) is 4.35. The molecule has 3 aromatic rings. The van der Waals surface area contributed by atoms with Crippen molar-refractivity contribution in [1.29, 1.82) is 0 Å². The van der Waals surface area contributed by atoms with Crippen LogP contribution >= 0.6 is 0 Å². The molecular weight excluding hydrogens is 278 g/mol. The quantitative estimate of drug-likeness (QED) is 0.714. The molecular formula is C15H13N7. The Morgan fingerprint density at radius 3 is 2.68 bits per heavy atom. The maximum atomic E-state index is 4.19. The van der Waals surface area contributed by atoms with Crippen molar-refractivity contribution in [3.05, 3.63) is 55.0 Å². The first-order valence-electron chi connectivity index (χ1n) is 6.74. The third kappa shape index (κ3) is 3.72. The molecule has 4 rings (SSSR count). The fraction of sp³-hybridized carbons (Fsp3) is 0.133. The van der Waals surface area contributed by atoms with Crippen LogP contribution in [0, 0.1) is 0 Å². The van der Waals surface area contributed by atoms with Crippen LogP contribution in [0.4, 0.5) is 0 Å². The van der Waals surface area contributed by atoms with Gasteiger partial charge in [0.2, 0.25) is 0 Å². The monoisotopic (exact) mass is 291 g/mol. The van der Waals surface area contributed by atoms with Gasteiger partial charge in [0.15, 0.2) is 5.65 Å². The van der Waals surface area contributed by atoms with Gasteiger partial charge in [0.05, 0.1) is 12.7 Å². The predicted molar refractivity (Wildman–Crippen MR) is 83.9 cm³/mol. The maximum absolute atomic E-state index is 4.19. The molecule has 22 heavy (non-hydrogen) atoms. The molecule has 0 radical (unpaired) electrons. The molecule has 0 spiro atoms. The summed E-state index contributed by atoms with van der Waals surface area (Å²) in [6.45, 7) is 0.724. The Hall–Kier alpha value is -3.09. The molecule has 3 aromatic heterocycles. The number of aliphatic imine (C=N–C) groups is 2. The second kappa shape index (κ2) is 7.07.